The van der Waals surface area contributed by atoms with Crippen LogP contribution in [0.5, 0.6) is 0 Å². The Morgan fingerprint density at radius 1 is 1.24 bits per heavy atom. The van der Waals surface area contributed by atoms with Crippen LogP contribution in [0.25, 0.3) is 0 Å². The topological polar surface area (TPSA) is 52.6 Å². The number of alkyl halides is 3. The van der Waals surface area contributed by atoms with E-state index < -0.39 is 18.1 Å². The summed E-state index contributed by atoms with van der Waals surface area (Å²) in [6, 6.07) is -0.311. The second-order valence-corrected chi connectivity index (χ2v) is 5.97. The third kappa shape index (κ3) is 4.10. The maximum absolute atomic E-state index is 12.6. The van der Waals surface area contributed by atoms with Gasteiger partial charge < -0.3 is 15.3 Å². The summed E-state index contributed by atoms with van der Waals surface area (Å²) in [4.78, 5) is 14.3. The summed E-state index contributed by atoms with van der Waals surface area (Å²) >= 11 is 0. The Kier molecular flexibility index (Phi) is 5.48. The summed E-state index contributed by atoms with van der Waals surface area (Å²) in [5.41, 5.74) is 0. The number of hydrogen-bond donors (Lipinski definition) is 2. The summed E-state index contributed by atoms with van der Waals surface area (Å²) in [6.07, 6.45) is -0.450. The van der Waals surface area contributed by atoms with E-state index in [1.165, 1.54) is 0 Å². The molecule has 1 heterocycles. The molecule has 122 valence electrons. The number of rotatable bonds is 5. The van der Waals surface area contributed by atoms with Crippen molar-refractivity contribution in [2.45, 2.75) is 56.8 Å². The molecule has 2 N–H and O–H groups in total. The largest absolute Gasteiger partial charge is 0.396 e. The molecule has 0 spiro atoms. The van der Waals surface area contributed by atoms with Crippen molar-refractivity contribution in [3.05, 3.63) is 0 Å². The van der Waals surface area contributed by atoms with Crippen molar-refractivity contribution >= 4 is 5.91 Å². The van der Waals surface area contributed by atoms with Gasteiger partial charge in [-0.3, -0.25) is 4.79 Å². The van der Waals surface area contributed by atoms with Crippen LogP contribution in [0, 0.1) is 5.92 Å². The third-order valence-electron chi connectivity index (χ3n) is 4.53. The van der Waals surface area contributed by atoms with Crippen LogP contribution in [0.1, 0.15) is 38.5 Å². The van der Waals surface area contributed by atoms with Gasteiger partial charge in [0.05, 0.1) is 12.0 Å². The van der Waals surface area contributed by atoms with Crippen molar-refractivity contribution in [3.8, 4) is 0 Å². The van der Waals surface area contributed by atoms with Gasteiger partial charge in [-0.2, -0.15) is 13.2 Å². The smallest absolute Gasteiger partial charge is 0.393 e. The minimum Gasteiger partial charge on any atom is -0.396 e. The fraction of sp³-hybridized carbons (Fsp3) is 0.929. The number of hydrogen-bond acceptors (Lipinski definition) is 3. The Bertz CT molecular complexity index is 351. The molecule has 2 rings (SSSR count). The molecule has 4 nitrogen and oxygen atoms in total. The molecule has 0 aromatic heterocycles. The number of amides is 1. The molecule has 2 atom stereocenters. The molecule has 2 aliphatic rings. The van der Waals surface area contributed by atoms with Gasteiger partial charge in [-0.1, -0.05) is 0 Å². The first kappa shape index (κ1) is 16.5. The van der Waals surface area contributed by atoms with Gasteiger partial charge in [-0.25, -0.2) is 0 Å². The first-order valence-corrected chi connectivity index (χ1v) is 7.65. The van der Waals surface area contributed by atoms with Crippen molar-refractivity contribution in [3.63, 3.8) is 0 Å². The lowest BCUT2D eigenvalue weighted by molar-refractivity contribution is -0.181. The first-order valence-electron chi connectivity index (χ1n) is 7.65. The number of carbonyl (C=O) groups is 1. The number of carbonyl (C=O) groups excluding carboxylic acids is 1. The molecular weight excluding hydrogens is 285 g/mol. The highest BCUT2D eigenvalue weighted by Crippen LogP contribution is 2.33. The zero-order valence-corrected chi connectivity index (χ0v) is 12.0. The van der Waals surface area contributed by atoms with Crippen LogP contribution >= 0.6 is 0 Å². The van der Waals surface area contributed by atoms with Gasteiger partial charge in [0, 0.05) is 25.7 Å². The molecule has 2 unspecified atom stereocenters. The zero-order valence-electron chi connectivity index (χ0n) is 12.0. The van der Waals surface area contributed by atoms with Crippen molar-refractivity contribution in [2.24, 2.45) is 5.92 Å². The number of halogens is 3. The van der Waals surface area contributed by atoms with Crippen LogP contribution in [0.15, 0.2) is 0 Å². The quantitative estimate of drug-likeness (QED) is 0.812. The van der Waals surface area contributed by atoms with Gasteiger partial charge in [0.1, 0.15) is 0 Å². The second kappa shape index (κ2) is 6.96. The van der Waals surface area contributed by atoms with E-state index in [0.29, 0.717) is 13.0 Å². The maximum atomic E-state index is 12.6. The van der Waals surface area contributed by atoms with Crippen LogP contribution < -0.4 is 5.32 Å². The van der Waals surface area contributed by atoms with Gasteiger partial charge in [0.15, 0.2) is 0 Å². The minimum absolute atomic E-state index is 0.00537. The molecule has 1 saturated heterocycles. The zero-order chi connectivity index (χ0) is 15.5. The van der Waals surface area contributed by atoms with Crippen LogP contribution in [-0.4, -0.2) is 53.9 Å². The maximum Gasteiger partial charge on any atom is 0.393 e. The van der Waals surface area contributed by atoms with Crippen LogP contribution in [0.2, 0.25) is 0 Å². The lowest BCUT2D eigenvalue weighted by atomic mass is 9.89. The van der Waals surface area contributed by atoms with E-state index in [9.17, 15) is 18.0 Å². The molecular formula is C14H23F3N2O2. The second-order valence-electron chi connectivity index (χ2n) is 5.97. The molecule has 1 aliphatic heterocycles. The standard InChI is InChI=1S/C14H23F3N2O2/c15-14(16,17)10-5-6-12(18-9-10)13(21)19(7-2-8-20)11-3-1-4-11/h10-12,18,20H,1-9H2. The molecule has 1 amide bonds. The van der Waals surface area contributed by atoms with Gasteiger partial charge >= 0.3 is 6.18 Å². The van der Waals surface area contributed by atoms with Gasteiger partial charge in [0.25, 0.3) is 0 Å². The lowest BCUT2D eigenvalue weighted by Gasteiger charge is -2.41. The Morgan fingerprint density at radius 3 is 2.38 bits per heavy atom. The third-order valence-corrected chi connectivity index (χ3v) is 4.53. The fourth-order valence-electron chi connectivity index (χ4n) is 2.96. The first-order chi connectivity index (χ1) is 9.93. The van der Waals surface area contributed by atoms with Gasteiger partial charge in [-0.15, -0.1) is 0 Å². The number of piperidine rings is 1. The molecule has 7 heteroatoms. The molecule has 0 bridgehead atoms. The fourth-order valence-corrected chi connectivity index (χ4v) is 2.96. The molecule has 1 saturated carbocycles. The lowest BCUT2D eigenvalue weighted by Crippen LogP contribution is -2.56. The van der Waals surface area contributed by atoms with Crippen molar-refractivity contribution in [1.29, 1.82) is 0 Å². The number of aliphatic hydroxyl groups excluding tert-OH is 1. The summed E-state index contributed by atoms with van der Waals surface area (Å²) in [5.74, 6) is -1.45. The summed E-state index contributed by atoms with van der Waals surface area (Å²) in [7, 11) is 0. The van der Waals surface area contributed by atoms with E-state index in [-0.39, 0.29) is 37.9 Å². The van der Waals surface area contributed by atoms with Crippen LogP contribution in [0.3, 0.4) is 0 Å². The average molecular weight is 308 g/mol. The summed E-state index contributed by atoms with van der Waals surface area (Å²) in [5, 5.41) is 11.7. The summed E-state index contributed by atoms with van der Waals surface area (Å²) < 4.78 is 37.9. The van der Waals surface area contributed by atoms with Crippen molar-refractivity contribution in [2.75, 3.05) is 19.7 Å². The predicted octanol–water partition coefficient (Wildman–Crippen LogP) is 1.68. The highest BCUT2D eigenvalue weighted by Gasteiger charge is 2.43. The normalized spacial score (nSPS) is 27.2. The number of nitrogens with one attached hydrogen (secondary N) is 1. The number of aliphatic hydroxyl groups is 1. The van der Waals surface area contributed by atoms with E-state index in [1.807, 2.05) is 0 Å². The Morgan fingerprint density at radius 2 is 1.95 bits per heavy atom. The van der Waals surface area contributed by atoms with Crippen LogP contribution in [-0.2, 0) is 4.79 Å². The molecule has 0 aromatic rings. The van der Waals surface area contributed by atoms with Gasteiger partial charge in [0.2, 0.25) is 5.91 Å². The molecule has 0 radical (unpaired) electrons. The van der Waals surface area contributed by atoms with Crippen molar-refractivity contribution < 1.29 is 23.1 Å². The molecule has 0 aromatic carbocycles. The van der Waals surface area contributed by atoms with Crippen LogP contribution in [0.4, 0.5) is 13.2 Å². The highest BCUT2D eigenvalue weighted by molar-refractivity contribution is 5.82. The SMILES string of the molecule is O=C(C1CCC(C(F)(F)F)CN1)N(CCCO)C1CCC1. The minimum atomic E-state index is -4.19. The van der Waals surface area contributed by atoms with Crippen molar-refractivity contribution in [1.82, 2.24) is 10.2 Å². The van der Waals surface area contributed by atoms with Gasteiger partial charge in [-0.05, 0) is 38.5 Å². The van der Waals surface area contributed by atoms with E-state index in [4.69, 9.17) is 5.11 Å². The highest BCUT2D eigenvalue weighted by atomic mass is 19.4. The van der Waals surface area contributed by atoms with E-state index in [0.717, 1.165) is 19.3 Å². The monoisotopic (exact) mass is 308 g/mol. The van der Waals surface area contributed by atoms with E-state index in [2.05, 4.69) is 5.32 Å². The Hall–Kier alpha value is -0.820. The predicted molar refractivity (Wildman–Crippen MR) is 71.6 cm³/mol. The molecule has 1 aliphatic carbocycles. The Balaban J connectivity index is 1.89. The van der Waals surface area contributed by atoms with E-state index >= 15 is 0 Å². The average Bonchev–Trinajstić information content (AvgIpc) is 2.39. The van der Waals surface area contributed by atoms with E-state index in [1.54, 1.807) is 4.90 Å². The number of nitrogens with zero attached hydrogens (tertiary/aromatic N) is 1. The Labute approximate surface area is 122 Å². The molecule has 21 heavy (non-hydrogen) atoms. The summed E-state index contributed by atoms with van der Waals surface area (Å²) in [6.45, 7) is 0.323. The molecule has 2 fully saturated rings.